The summed E-state index contributed by atoms with van der Waals surface area (Å²) in [7, 11) is 0. The Morgan fingerprint density at radius 2 is 2.05 bits per heavy atom. The second-order valence-corrected chi connectivity index (χ2v) is 4.38. The molecule has 1 aliphatic rings. The molecule has 1 aromatic rings. The Morgan fingerprint density at radius 3 is 2.74 bits per heavy atom. The van der Waals surface area contributed by atoms with Crippen molar-refractivity contribution in [3.63, 3.8) is 0 Å². The van der Waals surface area contributed by atoms with Gasteiger partial charge >= 0.3 is 5.97 Å². The van der Waals surface area contributed by atoms with Crippen LogP contribution in [0.2, 0.25) is 0 Å². The van der Waals surface area contributed by atoms with Crippen LogP contribution in [0.15, 0.2) is 24.3 Å². The molecule has 0 atom stereocenters. The molecule has 1 amide bonds. The first-order chi connectivity index (χ1) is 9.15. The lowest BCUT2D eigenvalue weighted by atomic mass is 10.3. The van der Waals surface area contributed by atoms with E-state index in [9.17, 15) is 9.59 Å². The minimum absolute atomic E-state index is 0.168. The highest BCUT2D eigenvalue weighted by atomic mass is 16.5. The summed E-state index contributed by atoms with van der Waals surface area (Å²) >= 11 is 0. The highest BCUT2D eigenvalue weighted by Crippen LogP contribution is 2.23. The van der Waals surface area contributed by atoms with Crippen molar-refractivity contribution in [1.29, 1.82) is 0 Å². The molecule has 6 nitrogen and oxygen atoms in total. The highest BCUT2D eigenvalue weighted by molar-refractivity contribution is 5.93. The Hall–Kier alpha value is -2.08. The highest BCUT2D eigenvalue weighted by Gasteiger charge is 2.21. The fourth-order valence-corrected chi connectivity index (χ4v) is 1.55. The maximum absolute atomic E-state index is 11.7. The fraction of sp³-hybridized carbons (Fsp3) is 0.385. The van der Waals surface area contributed by atoms with Gasteiger partial charge in [-0.3, -0.25) is 4.79 Å². The molecule has 1 fully saturated rings. The Kier molecular flexibility index (Phi) is 4.35. The Morgan fingerprint density at radius 1 is 1.32 bits per heavy atom. The summed E-state index contributed by atoms with van der Waals surface area (Å²) in [5, 5.41) is 14.4. The van der Waals surface area contributed by atoms with Gasteiger partial charge < -0.3 is 20.5 Å². The summed E-state index contributed by atoms with van der Waals surface area (Å²) in [4.78, 5) is 22.2. The van der Waals surface area contributed by atoms with E-state index >= 15 is 0 Å². The SMILES string of the molecule is O=C(O)COc1ccccc1NC(=O)CNC1CC1. The molecule has 0 bridgehead atoms. The Balaban J connectivity index is 1.89. The van der Waals surface area contributed by atoms with Gasteiger partial charge in [0.15, 0.2) is 6.61 Å². The van der Waals surface area contributed by atoms with Crippen LogP contribution in [-0.4, -0.2) is 36.2 Å². The fourth-order valence-electron chi connectivity index (χ4n) is 1.55. The zero-order valence-electron chi connectivity index (χ0n) is 10.4. The van der Waals surface area contributed by atoms with Crippen molar-refractivity contribution in [3.8, 4) is 5.75 Å². The number of para-hydroxylation sites is 2. The van der Waals surface area contributed by atoms with Gasteiger partial charge in [-0.25, -0.2) is 4.79 Å². The van der Waals surface area contributed by atoms with E-state index in [1.807, 2.05) is 0 Å². The molecule has 1 saturated carbocycles. The minimum atomic E-state index is -1.06. The standard InChI is InChI=1S/C13H16N2O4/c16-12(7-14-9-5-6-9)15-10-3-1-2-4-11(10)19-8-13(17)18/h1-4,9,14H,5-8H2,(H,15,16)(H,17,18). The van der Waals surface area contributed by atoms with Crippen LogP contribution >= 0.6 is 0 Å². The van der Waals surface area contributed by atoms with Crippen LogP contribution in [0.4, 0.5) is 5.69 Å². The summed E-state index contributed by atoms with van der Waals surface area (Å²) in [6.45, 7) is -0.189. The van der Waals surface area contributed by atoms with Crippen LogP contribution in [0.25, 0.3) is 0 Å². The number of hydrogen-bond acceptors (Lipinski definition) is 4. The van der Waals surface area contributed by atoms with E-state index in [-0.39, 0.29) is 12.5 Å². The molecule has 0 saturated heterocycles. The number of rotatable bonds is 7. The average molecular weight is 264 g/mol. The van der Waals surface area contributed by atoms with Gasteiger partial charge in [0.1, 0.15) is 5.75 Å². The number of hydrogen-bond donors (Lipinski definition) is 3. The van der Waals surface area contributed by atoms with E-state index in [1.165, 1.54) is 0 Å². The second kappa shape index (κ2) is 6.19. The molecule has 19 heavy (non-hydrogen) atoms. The Bertz CT molecular complexity index is 471. The van der Waals surface area contributed by atoms with Crippen LogP contribution in [0.5, 0.6) is 5.75 Å². The van der Waals surface area contributed by atoms with E-state index in [0.717, 1.165) is 12.8 Å². The molecule has 0 heterocycles. The van der Waals surface area contributed by atoms with Crippen molar-refractivity contribution in [2.45, 2.75) is 18.9 Å². The van der Waals surface area contributed by atoms with E-state index in [1.54, 1.807) is 24.3 Å². The average Bonchev–Trinajstić information content (AvgIpc) is 3.19. The Labute approximate surface area is 110 Å². The number of carboxylic acid groups (broad SMARTS) is 1. The van der Waals surface area contributed by atoms with Gasteiger partial charge in [-0.1, -0.05) is 12.1 Å². The lowest BCUT2D eigenvalue weighted by Gasteiger charge is -2.11. The van der Waals surface area contributed by atoms with Gasteiger partial charge in [-0.05, 0) is 25.0 Å². The zero-order valence-corrected chi connectivity index (χ0v) is 10.4. The van der Waals surface area contributed by atoms with Crippen LogP contribution < -0.4 is 15.4 Å². The number of ether oxygens (including phenoxy) is 1. The third-order valence-corrected chi connectivity index (χ3v) is 2.64. The van der Waals surface area contributed by atoms with Gasteiger partial charge in [0.25, 0.3) is 0 Å². The molecular formula is C13H16N2O4. The molecule has 1 aromatic carbocycles. The molecule has 0 aromatic heterocycles. The van der Waals surface area contributed by atoms with E-state index in [4.69, 9.17) is 9.84 Å². The maximum atomic E-state index is 11.7. The van der Waals surface area contributed by atoms with Crippen molar-refractivity contribution >= 4 is 17.6 Å². The minimum Gasteiger partial charge on any atom is -0.480 e. The predicted molar refractivity (Wildman–Crippen MR) is 69.2 cm³/mol. The molecule has 6 heteroatoms. The first-order valence-electron chi connectivity index (χ1n) is 6.12. The van der Waals surface area contributed by atoms with Gasteiger partial charge in [-0.15, -0.1) is 0 Å². The summed E-state index contributed by atoms with van der Waals surface area (Å²) in [6.07, 6.45) is 2.23. The second-order valence-electron chi connectivity index (χ2n) is 4.38. The van der Waals surface area contributed by atoms with Crippen molar-refractivity contribution in [2.75, 3.05) is 18.5 Å². The summed E-state index contributed by atoms with van der Waals surface area (Å²) < 4.78 is 5.10. The van der Waals surface area contributed by atoms with Crippen LogP contribution in [-0.2, 0) is 9.59 Å². The van der Waals surface area contributed by atoms with Crippen molar-refractivity contribution < 1.29 is 19.4 Å². The summed E-state index contributed by atoms with van der Waals surface area (Å²) in [5.74, 6) is -0.875. The van der Waals surface area contributed by atoms with Gasteiger partial charge in [0, 0.05) is 6.04 Å². The number of carboxylic acids is 1. The number of aliphatic carboxylic acids is 1. The van der Waals surface area contributed by atoms with E-state index in [0.29, 0.717) is 17.5 Å². The molecule has 1 aliphatic carbocycles. The lowest BCUT2D eigenvalue weighted by molar-refractivity contribution is -0.139. The summed E-state index contributed by atoms with van der Waals surface area (Å²) in [5.41, 5.74) is 0.478. The number of amides is 1. The van der Waals surface area contributed by atoms with Crippen LogP contribution in [0, 0.1) is 0 Å². The molecule has 2 rings (SSSR count). The van der Waals surface area contributed by atoms with Crippen molar-refractivity contribution in [3.05, 3.63) is 24.3 Å². The maximum Gasteiger partial charge on any atom is 0.341 e. The summed E-state index contributed by atoms with van der Waals surface area (Å²) in [6, 6.07) is 7.22. The zero-order chi connectivity index (χ0) is 13.7. The van der Waals surface area contributed by atoms with E-state index in [2.05, 4.69) is 10.6 Å². The third-order valence-electron chi connectivity index (χ3n) is 2.64. The smallest absolute Gasteiger partial charge is 0.341 e. The quantitative estimate of drug-likeness (QED) is 0.679. The van der Waals surface area contributed by atoms with Crippen molar-refractivity contribution in [1.82, 2.24) is 5.32 Å². The molecular weight excluding hydrogens is 248 g/mol. The van der Waals surface area contributed by atoms with Crippen LogP contribution in [0.1, 0.15) is 12.8 Å². The normalized spacial score (nSPS) is 13.9. The number of anilines is 1. The third kappa shape index (κ3) is 4.59. The first-order valence-corrected chi connectivity index (χ1v) is 6.12. The number of benzene rings is 1. The van der Waals surface area contributed by atoms with Gasteiger partial charge in [0.2, 0.25) is 5.91 Å². The first kappa shape index (κ1) is 13.4. The topological polar surface area (TPSA) is 87.7 Å². The van der Waals surface area contributed by atoms with Crippen molar-refractivity contribution in [2.24, 2.45) is 0 Å². The largest absolute Gasteiger partial charge is 0.480 e. The van der Waals surface area contributed by atoms with Gasteiger partial charge in [0.05, 0.1) is 12.2 Å². The monoisotopic (exact) mass is 264 g/mol. The lowest BCUT2D eigenvalue weighted by Crippen LogP contribution is -2.29. The van der Waals surface area contributed by atoms with E-state index < -0.39 is 12.6 Å². The predicted octanol–water partition coefficient (Wildman–Crippen LogP) is 0.840. The molecule has 3 N–H and O–H groups in total. The number of carbonyl (C=O) groups is 2. The number of nitrogens with one attached hydrogen (secondary N) is 2. The number of carbonyl (C=O) groups excluding carboxylic acids is 1. The molecule has 0 aliphatic heterocycles. The van der Waals surface area contributed by atoms with Crippen LogP contribution in [0.3, 0.4) is 0 Å². The molecule has 102 valence electrons. The van der Waals surface area contributed by atoms with Gasteiger partial charge in [-0.2, -0.15) is 0 Å². The molecule has 0 radical (unpaired) electrons. The molecule has 0 spiro atoms. The molecule has 0 unspecified atom stereocenters.